The summed E-state index contributed by atoms with van der Waals surface area (Å²) in [6.45, 7) is 3.86. The number of amides is 2. The molecule has 18 heavy (non-hydrogen) atoms. The molecule has 2 rings (SSSR count). The second-order valence-corrected chi connectivity index (χ2v) is 5.71. The van der Waals surface area contributed by atoms with E-state index in [-0.39, 0.29) is 6.03 Å². The fourth-order valence-corrected chi connectivity index (χ4v) is 2.99. The Morgan fingerprint density at radius 1 is 1.17 bits per heavy atom. The Labute approximate surface area is 111 Å². The van der Waals surface area contributed by atoms with Crippen molar-refractivity contribution in [3.05, 3.63) is 0 Å². The van der Waals surface area contributed by atoms with Crippen LogP contribution in [-0.2, 0) is 0 Å². The lowest BCUT2D eigenvalue weighted by Gasteiger charge is -2.31. The lowest BCUT2D eigenvalue weighted by molar-refractivity contribution is 0.157. The predicted octanol–water partition coefficient (Wildman–Crippen LogP) is 2.06. The van der Waals surface area contributed by atoms with Crippen LogP contribution in [0.2, 0.25) is 0 Å². The van der Waals surface area contributed by atoms with Crippen molar-refractivity contribution < 1.29 is 4.79 Å². The van der Waals surface area contributed by atoms with Crippen LogP contribution in [0.4, 0.5) is 4.79 Å². The third kappa shape index (κ3) is 3.87. The van der Waals surface area contributed by atoms with Crippen LogP contribution in [0, 0.1) is 0 Å². The van der Waals surface area contributed by atoms with Crippen molar-refractivity contribution in [2.45, 2.75) is 51.0 Å². The zero-order valence-corrected chi connectivity index (χ0v) is 11.7. The molecule has 104 valence electrons. The van der Waals surface area contributed by atoms with Crippen LogP contribution in [0.15, 0.2) is 0 Å². The van der Waals surface area contributed by atoms with E-state index in [1.807, 2.05) is 16.8 Å². The van der Waals surface area contributed by atoms with Crippen LogP contribution in [0.1, 0.15) is 44.9 Å². The molecule has 4 nitrogen and oxygen atoms in total. The van der Waals surface area contributed by atoms with E-state index in [4.69, 9.17) is 0 Å². The molecule has 0 saturated carbocycles. The van der Waals surface area contributed by atoms with E-state index in [0.29, 0.717) is 6.04 Å². The van der Waals surface area contributed by atoms with Gasteiger partial charge in [-0.2, -0.15) is 0 Å². The summed E-state index contributed by atoms with van der Waals surface area (Å²) >= 11 is 0. The molecule has 2 heterocycles. The van der Waals surface area contributed by atoms with Gasteiger partial charge in [-0.3, -0.25) is 0 Å². The van der Waals surface area contributed by atoms with Crippen LogP contribution >= 0.6 is 0 Å². The standard InChI is InChI=1S/C14H27N3O/c1-16(12-13-8-4-5-9-15-13)14(18)17-10-6-2-3-7-11-17/h13,15H,2-12H2,1H3. The molecule has 0 aromatic carbocycles. The van der Waals surface area contributed by atoms with Crippen molar-refractivity contribution in [2.75, 3.05) is 33.2 Å². The van der Waals surface area contributed by atoms with Gasteiger partial charge in [-0.05, 0) is 32.2 Å². The molecule has 0 aromatic heterocycles. The molecule has 0 aliphatic carbocycles. The number of likely N-dealkylation sites (tertiary alicyclic amines) is 1. The number of hydrogen-bond acceptors (Lipinski definition) is 2. The van der Waals surface area contributed by atoms with Crippen LogP contribution in [0.5, 0.6) is 0 Å². The highest BCUT2D eigenvalue weighted by Gasteiger charge is 2.22. The summed E-state index contributed by atoms with van der Waals surface area (Å²) in [7, 11) is 1.95. The predicted molar refractivity (Wildman–Crippen MR) is 73.7 cm³/mol. The highest BCUT2D eigenvalue weighted by Crippen LogP contribution is 2.13. The van der Waals surface area contributed by atoms with Crippen molar-refractivity contribution in [3.63, 3.8) is 0 Å². The monoisotopic (exact) mass is 253 g/mol. The van der Waals surface area contributed by atoms with Gasteiger partial charge in [-0.1, -0.05) is 19.3 Å². The molecular weight excluding hydrogens is 226 g/mol. The Bertz CT molecular complexity index is 256. The van der Waals surface area contributed by atoms with Crippen molar-refractivity contribution in [1.29, 1.82) is 0 Å². The molecule has 0 aromatic rings. The second kappa shape index (κ2) is 6.98. The molecule has 0 radical (unpaired) electrons. The Morgan fingerprint density at radius 3 is 2.50 bits per heavy atom. The number of rotatable bonds is 2. The van der Waals surface area contributed by atoms with E-state index in [1.165, 1.54) is 44.9 Å². The molecule has 1 unspecified atom stereocenters. The molecule has 1 atom stereocenters. The minimum atomic E-state index is 0.226. The molecular formula is C14H27N3O. The van der Waals surface area contributed by atoms with Crippen molar-refractivity contribution in [1.82, 2.24) is 15.1 Å². The maximum absolute atomic E-state index is 12.3. The topological polar surface area (TPSA) is 35.6 Å². The smallest absolute Gasteiger partial charge is 0.319 e. The number of carbonyl (C=O) groups is 1. The third-order valence-corrected chi connectivity index (χ3v) is 4.11. The SMILES string of the molecule is CN(CC1CCCCN1)C(=O)N1CCCCCC1. The molecule has 2 amide bonds. The molecule has 0 spiro atoms. The van der Waals surface area contributed by atoms with Gasteiger partial charge in [-0.15, -0.1) is 0 Å². The summed E-state index contributed by atoms with van der Waals surface area (Å²) in [5.41, 5.74) is 0. The fraction of sp³-hybridized carbons (Fsp3) is 0.929. The normalized spacial score (nSPS) is 25.6. The Morgan fingerprint density at radius 2 is 1.89 bits per heavy atom. The summed E-state index contributed by atoms with van der Waals surface area (Å²) < 4.78 is 0. The van der Waals surface area contributed by atoms with E-state index in [0.717, 1.165) is 26.2 Å². The number of hydrogen-bond donors (Lipinski definition) is 1. The molecule has 1 N–H and O–H groups in total. The molecule has 2 saturated heterocycles. The number of carbonyl (C=O) groups excluding carboxylic acids is 1. The largest absolute Gasteiger partial charge is 0.326 e. The van der Waals surface area contributed by atoms with E-state index in [2.05, 4.69) is 5.32 Å². The number of nitrogens with zero attached hydrogens (tertiary/aromatic N) is 2. The fourth-order valence-electron chi connectivity index (χ4n) is 2.99. The number of urea groups is 1. The van der Waals surface area contributed by atoms with Crippen LogP contribution < -0.4 is 5.32 Å². The lowest BCUT2D eigenvalue weighted by Crippen LogP contribution is -2.48. The first kappa shape index (κ1) is 13.7. The van der Waals surface area contributed by atoms with Crippen molar-refractivity contribution >= 4 is 6.03 Å². The minimum absolute atomic E-state index is 0.226. The third-order valence-electron chi connectivity index (χ3n) is 4.11. The zero-order chi connectivity index (χ0) is 12.8. The lowest BCUT2D eigenvalue weighted by atomic mass is 10.0. The molecule has 0 bridgehead atoms. The van der Waals surface area contributed by atoms with Gasteiger partial charge in [0.25, 0.3) is 0 Å². The molecule has 2 fully saturated rings. The highest BCUT2D eigenvalue weighted by atomic mass is 16.2. The van der Waals surface area contributed by atoms with Gasteiger partial charge in [0.15, 0.2) is 0 Å². The summed E-state index contributed by atoms with van der Waals surface area (Å²) in [6, 6.07) is 0.726. The van der Waals surface area contributed by atoms with Gasteiger partial charge in [0, 0.05) is 32.7 Å². The average molecular weight is 253 g/mol. The molecule has 2 aliphatic heterocycles. The maximum Gasteiger partial charge on any atom is 0.319 e. The quantitative estimate of drug-likeness (QED) is 0.817. The Balaban J connectivity index is 1.79. The number of piperidine rings is 1. The number of nitrogens with one attached hydrogen (secondary N) is 1. The first-order chi connectivity index (χ1) is 8.77. The highest BCUT2D eigenvalue weighted by molar-refractivity contribution is 5.74. The second-order valence-electron chi connectivity index (χ2n) is 5.71. The van der Waals surface area contributed by atoms with E-state index in [1.54, 1.807) is 0 Å². The van der Waals surface area contributed by atoms with E-state index < -0.39 is 0 Å². The first-order valence-corrected chi connectivity index (χ1v) is 7.51. The zero-order valence-electron chi connectivity index (χ0n) is 11.7. The number of likely N-dealkylation sites (N-methyl/N-ethyl adjacent to an activating group) is 1. The summed E-state index contributed by atoms with van der Waals surface area (Å²) in [4.78, 5) is 16.3. The average Bonchev–Trinajstić information content (AvgIpc) is 2.68. The van der Waals surface area contributed by atoms with Crippen LogP contribution in [-0.4, -0.2) is 55.1 Å². The summed E-state index contributed by atoms with van der Waals surface area (Å²) in [6.07, 6.45) is 8.67. The maximum atomic E-state index is 12.3. The van der Waals surface area contributed by atoms with Gasteiger partial charge < -0.3 is 15.1 Å². The van der Waals surface area contributed by atoms with Gasteiger partial charge in [0.1, 0.15) is 0 Å². The minimum Gasteiger partial charge on any atom is -0.326 e. The van der Waals surface area contributed by atoms with Crippen molar-refractivity contribution in [2.24, 2.45) is 0 Å². The molecule has 2 aliphatic rings. The Hall–Kier alpha value is -0.770. The summed E-state index contributed by atoms with van der Waals surface area (Å²) in [5, 5.41) is 3.51. The summed E-state index contributed by atoms with van der Waals surface area (Å²) in [5.74, 6) is 0. The van der Waals surface area contributed by atoms with Crippen LogP contribution in [0.25, 0.3) is 0 Å². The van der Waals surface area contributed by atoms with Crippen molar-refractivity contribution in [3.8, 4) is 0 Å². The van der Waals surface area contributed by atoms with E-state index in [9.17, 15) is 4.79 Å². The van der Waals surface area contributed by atoms with Gasteiger partial charge >= 0.3 is 6.03 Å². The van der Waals surface area contributed by atoms with Gasteiger partial charge in [0.2, 0.25) is 0 Å². The Kier molecular flexibility index (Phi) is 5.29. The van der Waals surface area contributed by atoms with E-state index >= 15 is 0 Å². The first-order valence-electron chi connectivity index (χ1n) is 7.51. The van der Waals surface area contributed by atoms with Gasteiger partial charge in [-0.25, -0.2) is 4.79 Å². The molecule has 4 heteroatoms. The van der Waals surface area contributed by atoms with Gasteiger partial charge in [0.05, 0.1) is 0 Å². The van der Waals surface area contributed by atoms with Crippen LogP contribution in [0.3, 0.4) is 0 Å².